The molecule has 0 bridgehead atoms. The Morgan fingerprint density at radius 3 is 2.50 bits per heavy atom. The zero-order valence-corrected chi connectivity index (χ0v) is 19.8. The van der Waals surface area contributed by atoms with Gasteiger partial charge >= 0.3 is 5.97 Å². The Hall–Kier alpha value is -3.81. The lowest BCUT2D eigenvalue weighted by Gasteiger charge is -2.16. The van der Waals surface area contributed by atoms with Gasteiger partial charge in [-0.2, -0.15) is 0 Å². The predicted molar refractivity (Wildman–Crippen MR) is 128 cm³/mol. The molecule has 1 fully saturated rings. The number of hydrazine groups is 1. The molecule has 0 spiro atoms. The molecule has 0 radical (unpaired) electrons. The number of ether oxygens (including phenoxy) is 3. The summed E-state index contributed by atoms with van der Waals surface area (Å²) in [4.78, 5) is 37.2. The number of nitrogens with zero attached hydrogens (tertiary/aromatic N) is 1. The lowest BCUT2D eigenvalue weighted by atomic mass is 10.0. The van der Waals surface area contributed by atoms with Gasteiger partial charge in [0.2, 0.25) is 0 Å². The maximum Gasteiger partial charge on any atom is 0.305 e. The van der Waals surface area contributed by atoms with E-state index in [0.717, 1.165) is 12.0 Å². The molecule has 1 N–H and O–H groups in total. The Bertz CT molecular complexity index is 1060. The van der Waals surface area contributed by atoms with Crippen molar-refractivity contribution in [1.82, 2.24) is 5.43 Å². The van der Waals surface area contributed by atoms with Crippen LogP contribution in [0.3, 0.4) is 0 Å². The number of hydrogen-bond acceptors (Lipinski definition) is 6. The van der Waals surface area contributed by atoms with Gasteiger partial charge in [-0.15, -0.1) is 0 Å². The highest BCUT2D eigenvalue weighted by molar-refractivity contribution is 6.31. The van der Waals surface area contributed by atoms with Crippen molar-refractivity contribution in [2.75, 3.05) is 24.8 Å². The molecule has 0 aromatic heterocycles. The van der Waals surface area contributed by atoms with Crippen LogP contribution in [0.2, 0.25) is 0 Å². The minimum absolute atomic E-state index is 0.00172. The van der Waals surface area contributed by atoms with Crippen LogP contribution in [0, 0.1) is 6.92 Å². The second-order valence-corrected chi connectivity index (χ2v) is 7.69. The van der Waals surface area contributed by atoms with Crippen LogP contribution in [0.25, 0.3) is 6.08 Å². The molecular formula is C26H30N2O6. The first-order valence-electron chi connectivity index (χ1n) is 11.4. The van der Waals surface area contributed by atoms with Gasteiger partial charge in [-0.3, -0.25) is 19.8 Å². The first kappa shape index (κ1) is 24.8. The summed E-state index contributed by atoms with van der Waals surface area (Å²) in [6.07, 6.45) is 3.08. The van der Waals surface area contributed by atoms with Crippen molar-refractivity contribution in [3.05, 3.63) is 59.2 Å². The summed E-state index contributed by atoms with van der Waals surface area (Å²) in [5.41, 5.74) is 4.50. The molecule has 0 saturated carbocycles. The average molecular weight is 467 g/mol. The predicted octanol–water partition coefficient (Wildman–Crippen LogP) is 3.97. The Labute approximate surface area is 199 Å². The lowest BCUT2D eigenvalue weighted by molar-refractivity contribution is -0.143. The number of benzene rings is 2. The average Bonchev–Trinajstić information content (AvgIpc) is 3.11. The van der Waals surface area contributed by atoms with Crippen molar-refractivity contribution in [2.45, 2.75) is 40.0 Å². The number of anilines is 1. The molecule has 2 aromatic rings. The molecule has 1 aliphatic rings. The van der Waals surface area contributed by atoms with Crippen molar-refractivity contribution in [2.24, 2.45) is 0 Å². The summed E-state index contributed by atoms with van der Waals surface area (Å²) in [7, 11) is 0. The largest absolute Gasteiger partial charge is 0.493 e. The van der Waals surface area contributed by atoms with E-state index in [1.165, 1.54) is 11.1 Å². The number of para-hydroxylation sites is 1. The second-order valence-electron chi connectivity index (χ2n) is 7.69. The van der Waals surface area contributed by atoms with E-state index < -0.39 is 11.8 Å². The minimum atomic E-state index is -0.494. The molecule has 1 heterocycles. The Kier molecular flexibility index (Phi) is 8.67. The van der Waals surface area contributed by atoms with Crippen LogP contribution >= 0.6 is 0 Å². The molecule has 0 unspecified atom stereocenters. The zero-order chi connectivity index (χ0) is 24.5. The molecule has 1 saturated heterocycles. The fraction of sp³-hybridized carbons (Fsp3) is 0.346. The second kappa shape index (κ2) is 11.9. The van der Waals surface area contributed by atoms with E-state index in [1.807, 2.05) is 19.9 Å². The summed E-state index contributed by atoms with van der Waals surface area (Å²) in [5.74, 6) is -0.0554. The number of carbonyl (C=O) groups is 3. The Morgan fingerprint density at radius 2 is 1.79 bits per heavy atom. The molecule has 34 heavy (non-hydrogen) atoms. The highest BCUT2D eigenvalue weighted by atomic mass is 16.5. The van der Waals surface area contributed by atoms with Crippen molar-refractivity contribution in [3.63, 3.8) is 0 Å². The lowest BCUT2D eigenvalue weighted by Crippen LogP contribution is -2.35. The van der Waals surface area contributed by atoms with Crippen molar-refractivity contribution < 1.29 is 28.6 Å². The van der Waals surface area contributed by atoms with E-state index >= 15 is 0 Å². The zero-order valence-electron chi connectivity index (χ0n) is 19.8. The van der Waals surface area contributed by atoms with E-state index in [4.69, 9.17) is 14.2 Å². The summed E-state index contributed by atoms with van der Waals surface area (Å²) < 4.78 is 16.8. The summed E-state index contributed by atoms with van der Waals surface area (Å²) in [6, 6.07) is 12.5. The normalized spacial score (nSPS) is 14.3. The van der Waals surface area contributed by atoms with Crippen LogP contribution in [0.4, 0.5) is 5.69 Å². The van der Waals surface area contributed by atoms with Gasteiger partial charge in [-0.05, 0) is 57.0 Å². The number of carbonyl (C=O) groups excluding carboxylic acids is 3. The molecule has 180 valence electrons. The first-order chi connectivity index (χ1) is 16.5. The molecule has 0 aliphatic carbocycles. The highest BCUT2D eigenvalue weighted by Gasteiger charge is 2.34. The van der Waals surface area contributed by atoms with Gasteiger partial charge in [0.25, 0.3) is 11.8 Å². The molecule has 1 aliphatic heterocycles. The van der Waals surface area contributed by atoms with Crippen LogP contribution in [-0.2, 0) is 19.1 Å². The van der Waals surface area contributed by atoms with Crippen LogP contribution in [0.15, 0.2) is 48.0 Å². The third kappa shape index (κ3) is 5.95. The molecule has 3 rings (SSSR count). The van der Waals surface area contributed by atoms with Gasteiger partial charge in [0.05, 0.1) is 25.5 Å². The molecule has 2 aromatic carbocycles. The maximum absolute atomic E-state index is 13.0. The fourth-order valence-electron chi connectivity index (χ4n) is 3.46. The molecule has 8 heteroatoms. The minimum Gasteiger partial charge on any atom is -0.493 e. The van der Waals surface area contributed by atoms with Crippen molar-refractivity contribution in [1.29, 1.82) is 0 Å². The van der Waals surface area contributed by atoms with Gasteiger partial charge in [-0.1, -0.05) is 25.1 Å². The first-order valence-corrected chi connectivity index (χ1v) is 11.4. The monoisotopic (exact) mass is 466 g/mol. The highest BCUT2D eigenvalue weighted by Crippen LogP contribution is 2.34. The van der Waals surface area contributed by atoms with E-state index in [1.54, 1.807) is 43.3 Å². The molecule has 8 nitrogen and oxygen atoms in total. The number of nitrogens with one attached hydrogen (secondary N) is 1. The van der Waals surface area contributed by atoms with Crippen LogP contribution in [-0.4, -0.2) is 37.6 Å². The van der Waals surface area contributed by atoms with Gasteiger partial charge in [-0.25, -0.2) is 5.01 Å². The number of rotatable bonds is 11. The van der Waals surface area contributed by atoms with E-state index in [2.05, 4.69) is 5.43 Å². The van der Waals surface area contributed by atoms with Crippen molar-refractivity contribution >= 4 is 29.5 Å². The third-order valence-electron chi connectivity index (χ3n) is 5.13. The fourth-order valence-corrected chi connectivity index (χ4v) is 3.46. The summed E-state index contributed by atoms with van der Waals surface area (Å²) in [5, 5.41) is 1.22. The number of hydrogen-bond donors (Lipinski definition) is 1. The van der Waals surface area contributed by atoms with Crippen molar-refractivity contribution in [3.8, 4) is 11.5 Å². The topological polar surface area (TPSA) is 94.2 Å². The maximum atomic E-state index is 13.0. The SMILES string of the molecule is CCCOc1ccc(/C=C2/C(=O)NN(c3ccccc3)C2=O)c(OCCCC(=O)OCC)c1C. The van der Waals surface area contributed by atoms with Gasteiger partial charge in [0.1, 0.15) is 17.1 Å². The molecule has 2 amide bonds. The van der Waals surface area contributed by atoms with Crippen LogP contribution < -0.4 is 19.9 Å². The van der Waals surface area contributed by atoms with E-state index in [-0.39, 0.29) is 24.6 Å². The molecular weight excluding hydrogens is 436 g/mol. The third-order valence-corrected chi connectivity index (χ3v) is 5.13. The van der Waals surface area contributed by atoms with Gasteiger partial charge in [0, 0.05) is 17.5 Å². The molecule has 0 atom stereocenters. The van der Waals surface area contributed by atoms with Gasteiger partial charge < -0.3 is 14.2 Å². The standard InChI is InChI=1S/C26H30N2O6/c1-4-15-33-22-14-13-19(24(18(22)3)34-16-9-12-23(29)32-5-2)17-21-25(30)27-28(26(21)31)20-10-7-6-8-11-20/h6-8,10-11,13-14,17H,4-5,9,12,15-16H2,1-3H3,(H,27,30)/b21-17-. The smallest absolute Gasteiger partial charge is 0.305 e. The van der Waals surface area contributed by atoms with Crippen LogP contribution in [0.1, 0.15) is 44.2 Å². The number of esters is 1. The summed E-state index contributed by atoms with van der Waals surface area (Å²) >= 11 is 0. The number of amides is 2. The summed E-state index contributed by atoms with van der Waals surface area (Å²) in [6.45, 7) is 6.80. The van der Waals surface area contributed by atoms with Gasteiger partial charge in [0.15, 0.2) is 0 Å². The quantitative estimate of drug-likeness (QED) is 0.233. The van der Waals surface area contributed by atoms with Crippen LogP contribution in [0.5, 0.6) is 11.5 Å². The van der Waals surface area contributed by atoms with E-state index in [0.29, 0.717) is 42.4 Å². The Balaban J connectivity index is 1.86. The van der Waals surface area contributed by atoms with E-state index in [9.17, 15) is 14.4 Å². The Morgan fingerprint density at radius 1 is 1.03 bits per heavy atom.